The van der Waals surface area contributed by atoms with Gasteiger partial charge in [0.2, 0.25) is 11.8 Å². The standard InChI is InChI=1S/C22H27N3O2/c1-3-4-6-17-8-10-20(11-9-17)25-16-19(13-21(25)26)22(27)24(2)15-18-7-5-12-23-14-18/h5,7-12,14,19H,3-4,6,13,15-16H2,1-2H3. The predicted molar refractivity (Wildman–Crippen MR) is 106 cm³/mol. The summed E-state index contributed by atoms with van der Waals surface area (Å²) in [6, 6.07) is 12.0. The molecule has 0 bridgehead atoms. The second kappa shape index (κ2) is 8.80. The van der Waals surface area contributed by atoms with Crippen molar-refractivity contribution >= 4 is 17.5 Å². The third-order valence-electron chi connectivity index (χ3n) is 5.06. The van der Waals surface area contributed by atoms with E-state index in [1.807, 2.05) is 24.3 Å². The Balaban J connectivity index is 1.61. The molecule has 0 N–H and O–H groups in total. The fraction of sp³-hybridized carbons (Fsp3) is 0.409. The first kappa shape index (κ1) is 19.1. The molecule has 0 radical (unpaired) electrons. The predicted octanol–water partition coefficient (Wildman–Crippen LogP) is 3.44. The van der Waals surface area contributed by atoms with Gasteiger partial charge in [0.1, 0.15) is 0 Å². The number of aromatic nitrogens is 1. The molecule has 1 saturated heterocycles. The van der Waals surface area contributed by atoms with E-state index in [0.717, 1.165) is 17.7 Å². The number of hydrogen-bond donors (Lipinski definition) is 0. The maximum atomic E-state index is 12.8. The van der Waals surface area contributed by atoms with Gasteiger partial charge in [0.05, 0.1) is 5.92 Å². The van der Waals surface area contributed by atoms with Crippen molar-refractivity contribution in [3.05, 3.63) is 59.9 Å². The van der Waals surface area contributed by atoms with Gasteiger partial charge in [0.25, 0.3) is 0 Å². The van der Waals surface area contributed by atoms with Gasteiger partial charge in [-0.05, 0) is 42.2 Å². The summed E-state index contributed by atoms with van der Waals surface area (Å²) in [5, 5.41) is 0. The summed E-state index contributed by atoms with van der Waals surface area (Å²) in [5.41, 5.74) is 3.15. The van der Waals surface area contributed by atoms with Crippen molar-refractivity contribution in [3.63, 3.8) is 0 Å². The summed E-state index contributed by atoms with van der Waals surface area (Å²) >= 11 is 0. The van der Waals surface area contributed by atoms with Crippen LogP contribution in [0.3, 0.4) is 0 Å². The van der Waals surface area contributed by atoms with Gasteiger partial charge < -0.3 is 9.80 Å². The highest BCUT2D eigenvalue weighted by molar-refractivity contribution is 6.00. The largest absolute Gasteiger partial charge is 0.341 e. The van der Waals surface area contributed by atoms with Gasteiger partial charge in [-0.3, -0.25) is 14.6 Å². The average Bonchev–Trinajstić information content (AvgIpc) is 3.08. The molecule has 1 aromatic heterocycles. The van der Waals surface area contributed by atoms with Gasteiger partial charge in [-0.1, -0.05) is 31.5 Å². The van der Waals surface area contributed by atoms with Gasteiger partial charge in [-0.15, -0.1) is 0 Å². The summed E-state index contributed by atoms with van der Waals surface area (Å²) in [6.07, 6.45) is 7.14. The molecule has 0 aliphatic carbocycles. The van der Waals surface area contributed by atoms with Crippen LogP contribution >= 0.6 is 0 Å². The molecule has 1 unspecified atom stereocenters. The molecule has 1 atom stereocenters. The Bertz CT molecular complexity index is 774. The Morgan fingerprint density at radius 3 is 2.67 bits per heavy atom. The van der Waals surface area contributed by atoms with Crippen LogP contribution in [-0.4, -0.2) is 35.3 Å². The number of unbranched alkanes of at least 4 members (excludes halogenated alkanes) is 1. The molecule has 27 heavy (non-hydrogen) atoms. The molecule has 3 rings (SSSR count). The molecule has 2 amide bonds. The lowest BCUT2D eigenvalue weighted by atomic mass is 10.1. The molecule has 1 fully saturated rings. The lowest BCUT2D eigenvalue weighted by Crippen LogP contribution is -2.34. The molecule has 1 aliphatic heterocycles. The number of anilines is 1. The number of benzene rings is 1. The van der Waals surface area contributed by atoms with Crippen LogP contribution < -0.4 is 4.90 Å². The fourth-order valence-electron chi connectivity index (χ4n) is 3.50. The van der Waals surface area contributed by atoms with E-state index < -0.39 is 0 Å². The highest BCUT2D eigenvalue weighted by Gasteiger charge is 2.36. The molecule has 2 heterocycles. The van der Waals surface area contributed by atoms with Crippen LogP contribution in [-0.2, 0) is 22.6 Å². The molecule has 2 aromatic rings. The third-order valence-corrected chi connectivity index (χ3v) is 5.06. The number of carbonyl (C=O) groups excluding carboxylic acids is 2. The van der Waals surface area contributed by atoms with E-state index in [4.69, 9.17) is 0 Å². The average molecular weight is 365 g/mol. The second-order valence-electron chi connectivity index (χ2n) is 7.23. The van der Waals surface area contributed by atoms with Gasteiger partial charge >= 0.3 is 0 Å². The lowest BCUT2D eigenvalue weighted by Gasteiger charge is -2.21. The molecule has 142 valence electrons. The quantitative estimate of drug-likeness (QED) is 0.755. The van der Waals surface area contributed by atoms with E-state index in [1.165, 1.54) is 18.4 Å². The lowest BCUT2D eigenvalue weighted by molar-refractivity contribution is -0.135. The Labute approximate surface area is 161 Å². The van der Waals surface area contributed by atoms with Crippen LogP contribution in [0.25, 0.3) is 0 Å². The normalized spacial score (nSPS) is 16.6. The Morgan fingerprint density at radius 2 is 2.00 bits per heavy atom. The van der Waals surface area contributed by atoms with E-state index in [2.05, 4.69) is 24.0 Å². The molecule has 5 nitrogen and oxygen atoms in total. The summed E-state index contributed by atoms with van der Waals surface area (Å²) in [5.74, 6) is -0.266. The summed E-state index contributed by atoms with van der Waals surface area (Å²) in [4.78, 5) is 32.8. The number of rotatable bonds is 7. The Kier molecular flexibility index (Phi) is 6.22. The minimum absolute atomic E-state index is 0.00858. The van der Waals surface area contributed by atoms with Gasteiger partial charge in [0, 0.05) is 44.6 Å². The van der Waals surface area contributed by atoms with Crippen LogP contribution in [0, 0.1) is 5.92 Å². The Hall–Kier alpha value is -2.69. The first-order valence-electron chi connectivity index (χ1n) is 9.61. The SMILES string of the molecule is CCCCc1ccc(N2CC(C(=O)N(C)Cc3cccnc3)CC2=O)cc1. The molecular formula is C22H27N3O2. The first-order valence-corrected chi connectivity index (χ1v) is 9.61. The molecule has 0 spiro atoms. The van der Waals surface area contributed by atoms with Crippen molar-refractivity contribution in [2.24, 2.45) is 5.92 Å². The van der Waals surface area contributed by atoms with E-state index in [-0.39, 0.29) is 24.2 Å². The molecule has 5 heteroatoms. The maximum Gasteiger partial charge on any atom is 0.228 e. The van der Waals surface area contributed by atoms with Crippen LogP contribution in [0.4, 0.5) is 5.69 Å². The highest BCUT2D eigenvalue weighted by Crippen LogP contribution is 2.27. The van der Waals surface area contributed by atoms with Crippen LogP contribution in [0.2, 0.25) is 0 Å². The number of aryl methyl sites for hydroxylation is 1. The number of nitrogens with zero attached hydrogens (tertiary/aromatic N) is 3. The minimum atomic E-state index is -0.293. The summed E-state index contributed by atoms with van der Waals surface area (Å²) in [7, 11) is 1.78. The van der Waals surface area contributed by atoms with Gasteiger partial charge in [-0.25, -0.2) is 0 Å². The molecular weight excluding hydrogens is 338 g/mol. The Morgan fingerprint density at radius 1 is 1.22 bits per heavy atom. The zero-order valence-electron chi connectivity index (χ0n) is 16.1. The van der Waals surface area contributed by atoms with E-state index in [1.54, 1.807) is 29.2 Å². The van der Waals surface area contributed by atoms with Crippen molar-refractivity contribution in [3.8, 4) is 0 Å². The number of carbonyl (C=O) groups is 2. The number of pyridine rings is 1. The fourth-order valence-corrected chi connectivity index (χ4v) is 3.50. The number of amides is 2. The van der Waals surface area contributed by atoms with Gasteiger partial charge in [-0.2, -0.15) is 0 Å². The monoisotopic (exact) mass is 365 g/mol. The second-order valence-corrected chi connectivity index (χ2v) is 7.23. The van der Waals surface area contributed by atoms with Crippen LogP contribution in [0.1, 0.15) is 37.3 Å². The molecule has 1 aliphatic rings. The van der Waals surface area contributed by atoms with Gasteiger partial charge in [0.15, 0.2) is 0 Å². The smallest absolute Gasteiger partial charge is 0.228 e. The molecule has 0 saturated carbocycles. The van der Waals surface area contributed by atoms with Crippen molar-refractivity contribution in [2.75, 3.05) is 18.5 Å². The summed E-state index contributed by atoms with van der Waals surface area (Å²) < 4.78 is 0. The zero-order valence-corrected chi connectivity index (χ0v) is 16.1. The van der Waals surface area contributed by atoms with E-state index in [0.29, 0.717) is 13.1 Å². The summed E-state index contributed by atoms with van der Waals surface area (Å²) in [6.45, 7) is 3.13. The minimum Gasteiger partial charge on any atom is -0.341 e. The van der Waals surface area contributed by atoms with E-state index in [9.17, 15) is 9.59 Å². The van der Waals surface area contributed by atoms with Crippen molar-refractivity contribution in [1.29, 1.82) is 0 Å². The zero-order chi connectivity index (χ0) is 19.2. The highest BCUT2D eigenvalue weighted by atomic mass is 16.2. The molecule has 1 aromatic carbocycles. The van der Waals surface area contributed by atoms with E-state index >= 15 is 0 Å². The van der Waals surface area contributed by atoms with Crippen molar-refractivity contribution in [2.45, 2.75) is 39.2 Å². The van der Waals surface area contributed by atoms with Crippen LogP contribution in [0.15, 0.2) is 48.8 Å². The first-order chi connectivity index (χ1) is 13.1. The topological polar surface area (TPSA) is 53.5 Å². The number of hydrogen-bond acceptors (Lipinski definition) is 3. The van der Waals surface area contributed by atoms with Crippen molar-refractivity contribution in [1.82, 2.24) is 9.88 Å². The van der Waals surface area contributed by atoms with Crippen molar-refractivity contribution < 1.29 is 9.59 Å². The van der Waals surface area contributed by atoms with Crippen LogP contribution in [0.5, 0.6) is 0 Å². The maximum absolute atomic E-state index is 12.8. The third kappa shape index (κ3) is 4.73.